The van der Waals surface area contributed by atoms with E-state index in [1.54, 1.807) is 0 Å². The Hall–Kier alpha value is -4.65. The minimum absolute atomic E-state index is 0.994. The first kappa shape index (κ1) is 22.3. The highest BCUT2D eigenvalue weighted by molar-refractivity contribution is 7.93. The number of fused-ring (bicyclic) bond motifs is 9. The van der Waals surface area contributed by atoms with Gasteiger partial charge in [0.05, 0.1) is 16.6 Å². The number of hydrogen-bond donors (Lipinski definition) is 0. The molecule has 0 aliphatic rings. The third-order valence-electron chi connectivity index (χ3n) is 8.02. The minimum Gasteiger partial charge on any atom is -0.292 e. The fourth-order valence-corrected chi connectivity index (χ4v) is 9.36. The first-order valence-corrected chi connectivity index (χ1v) is 15.2. The number of hydrogen-bond acceptors (Lipinski definition) is 1. The lowest BCUT2D eigenvalue weighted by Gasteiger charge is -2.28. The van der Waals surface area contributed by atoms with Crippen molar-refractivity contribution in [1.82, 2.24) is 9.38 Å². The van der Waals surface area contributed by atoms with Crippen molar-refractivity contribution >= 4 is 78.2 Å². The Morgan fingerprint density at radius 3 is 1.79 bits per heavy atom. The van der Waals surface area contributed by atoms with E-state index in [1.807, 2.05) is 0 Å². The molecule has 2 aromatic heterocycles. The monoisotopic (exact) mass is 516 g/mol. The van der Waals surface area contributed by atoms with E-state index in [0.717, 1.165) is 22.1 Å². The van der Waals surface area contributed by atoms with Crippen molar-refractivity contribution in [2.24, 2.45) is 0 Å². The summed E-state index contributed by atoms with van der Waals surface area (Å²) in [7, 11) is 0. The molecule has 184 valence electrons. The van der Waals surface area contributed by atoms with Gasteiger partial charge in [-0.15, -0.1) is 0 Å². The molecule has 3 heteroatoms. The lowest BCUT2D eigenvalue weighted by Crippen LogP contribution is -2.26. The number of imidazole rings is 1. The van der Waals surface area contributed by atoms with Crippen LogP contribution in [-0.2, 0) is 0 Å². The fraction of sp³-hybridized carbons (Fsp3) is 0. The molecule has 0 aliphatic carbocycles. The molecule has 0 N–H and O–H groups in total. The summed E-state index contributed by atoms with van der Waals surface area (Å²) in [6, 6.07) is 50.2. The molecule has 0 spiro atoms. The molecule has 0 bridgehead atoms. The van der Waals surface area contributed by atoms with Gasteiger partial charge in [0, 0.05) is 10.8 Å². The summed E-state index contributed by atoms with van der Waals surface area (Å²) >= 11 is 0. The van der Waals surface area contributed by atoms with Gasteiger partial charge in [0.25, 0.3) is 0 Å². The zero-order chi connectivity index (χ0) is 26.0. The molecule has 39 heavy (non-hydrogen) atoms. The number of aromatic nitrogens is 2. The zero-order valence-corrected chi connectivity index (χ0v) is 22.2. The minimum atomic E-state index is -2.24. The van der Waals surface area contributed by atoms with Gasteiger partial charge in [-0.1, -0.05) is 115 Å². The number of rotatable bonds is 3. The Balaban J connectivity index is 1.65. The summed E-state index contributed by atoms with van der Waals surface area (Å²) in [6.07, 6.45) is 5.12. The van der Waals surface area contributed by atoms with Crippen molar-refractivity contribution in [2.45, 2.75) is 0 Å². The van der Waals surface area contributed by atoms with Crippen LogP contribution < -0.4 is 15.9 Å². The molecule has 0 saturated heterocycles. The number of benzene rings is 6. The molecule has 2 heterocycles. The van der Waals surface area contributed by atoms with Gasteiger partial charge in [-0.05, 0) is 69.3 Å². The lowest BCUT2D eigenvalue weighted by molar-refractivity contribution is 1.32. The van der Waals surface area contributed by atoms with E-state index in [-0.39, 0.29) is 0 Å². The van der Waals surface area contributed by atoms with E-state index in [9.17, 15) is 0 Å². The molecule has 8 rings (SSSR count). The highest BCUT2D eigenvalue weighted by atomic mass is 31.2. The second kappa shape index (κ2) is 8.43. The fourth-order valence-electron chi connectivity index (χ4n) is 6.18. The van der Waals surface area contributed by atoms with E-state index < -0.39 is 6.89 Å². The smallest absolute Gasteiger partial charge is 0.146 e. The topological polar surface area (TPSA) is 17.3 Å². The third kappa shape index (κ3) is 3.19. The SMILES string of the molecule is C=P(c1ccccc1)(c1ccccc1)c1cccc2c1c1cc3ccccc3cc1c1nc3ccccc3n21. The van der Waals surface area contributed by atoms with Gasteiger partial charge >= 0.3 is 0 Å². The van der Waals surface area contributed by atoms with Crippen molar-refractivity contribution in [3.63, 3.8) is 0 Å². The lowest BCUT2D eigenvalue weighted by atomic mass is 10.0. The van der Waals surface area contributed by atoms with Crippen molar-refractivity contribution in [3.8, 4) is 0 Å². The molecule has 0 aliphatic heterocycles. The van der Waals surface area contributed by atoms with E-state index in [4.69, 9.17) is 11.3 Å². The van der Waals surface area contributed by atoms with Crippen molar-refractivity contribution in [3.05, 3.63) is 140 Å². The van der Waals surface area contributed by atoms with Crippen LogP contribution in [0.1, 0.15) is 0 Å². The van der Waals surface area contributed by atoms with E-state index >= 15 is 0 Å². The summed E-state index contributed by atoms with van der Waals surface area (Å²) < 4.78 is 2.35. The van der Waals surface area contributed by atoms with Crippen LogP contribution >= 0.6 is 6.89 Å². The highest BCUT2D eigenvalue weighted by Crippen LogP contribution is 2.46. The first-order valence-electron chi connectivity index (χ1n) is 13.2. The summed E-state index contributed by atoms with van der Waals surface area (Å²) in [5.74, 6) is 0. The maximum Gasteiger partial charge on any atom is 0.146 e. The normalized spacial score (nSPS) is 12.2. The Bertz CT molecular complexity index is 2200. The molecule has 0 atom stereocenters. The molecule has 2 nitrogen and oxygen atoms in total. The van der Waals surface area contributed by atoms with Crippen LogP contribution in [0, 0.1) is 0 Å². The summed E-state index contributed by atoms with van der Waals surface area (Å²) in [5, 5.41) is 9.93. The largest absolute Gasteiger partial charge is 0.292 e. The summed E-state index contributed by atoms with van der Waals surface area (Å²) in [5.41, 5.74) is 4.29. The van der Waals surface area contributed by atoms with Gasteiger partial charge in [0.15, 0.2) is 0 Å². The molecular weight excluding hydrogens is 491 g/mol. The number of pyridine rings is 1. The van der Waals surface area contributed by atoms with Gasteiger partial charge in [0.1, 0.15) is 5.65 Å². The van der Waals surface area contributed by atoms with E-state index in [0.29, 0.717) is 0 Å². The third-order valence-corrected chi connectivity index (χ3v) is 11.6. The maximum atomic E-state index is 5.16. The van der Waals surface area contributed by atoms with Gasteiger partial charge < -0.3 is 0 Å². The summed E-state index contributed by atoms with van der Waals surface area (Å²) in [4.78, 5) is 5.16. The van der Waals surface area contributed by atoms with Gasteiger partial charge in [-0.25, -0.2) is 4.98 Å². The second-order valence-corrected chi connectivity index (χ2v) is 13.3. The van der Waals surface area contributed by atoms with Crippen LogP contribution in [0.25, 0.3) is 49.1 Å². The van der Waals surface area contributed by atoms with Crippen LogP contribution in [0.3, 0.4) is 0 Å². The predicted molar refractivity (Wildman–Crippen MR) is 171 cm³/mol. The molecule has 0 unspecified atom stereocenters. The highest BCUT2D eigenvalue weighted by Gasteiger charge is 2.26. The molecule has 0 amide bonds. The molecule has 0 saturated carbocycles. The van der Waals surface area contributed by atoms with Crippen LogP contribution in [0.4, 0.5) is 0 Å². The van der Waals surface area contributed by atoms with Crippen LogP contribution in [0.5, 0.6) is 0 Å². The molecule has 6 aromatic carbocycles. The van der Waals surface area contributed by atoms with Gasteiger partial charge in [-0.2, -0.15) is 0 Å². The molecule has 8 aromatic rings. The van der Waals surface area contributed by atoms with Crippen LogP contribution in [-0.4, -0.2) is 15.7 Å². The van der Waals surface area contributed by atoms with Crippen LogP contribution in [0.15, 0.2) is 140 Å². The van der Waals surface area contributed by atoms with Crippen LogP contribution in [0.2, 0.25) is 0 Å². The first-order chi connectivity index (χ1) is 19.2. The van der Waals surface area contributed by atoms with Gasteiger partial charge in [0.2, 0.25) is 0 Å². The van der Waals surface area contributed by atoms with Gasteiger partial charge in [-0.3, -0.25) is 4.40 Å². The quantitative estimate of drug-likeness (QED) is 0.134. The zero-order valence-electron chi connectivity index (χ0n) is 21.3. The Morgan fingerprint density at radius 2 is 1.10 bits per heavy atom. The Morgan fingerprint density at radius 1 is 0.538 bits per heavy atom. The second-order valence-electron chi connectivity index (χ2n) is 10.2. The molecule has 0 radical (unpaired) electrons. The Kier molecular flexibility index (Phi) is 4.83. The van der Waals surface area contributed by atoms with Crippen molar-refractivity contribution < 1.29 is 0 Å². The van der Waals surface area contributed by atoms with E-state index in [2.05, 4.69) is 144 Å². The molecule has 0 fully saturated rings. The Labute approximate surface area is 226 Å². The average molecular weight is 517 g/mol. The van der Waals surface area contributed by atoms with Crippen molar-refractivity contribution in [1.29, 1.82) is 0 Å². The molecular formula is C36H25N2P. The number of para-hydroxylation sites is 2. The summed E-state index contributed by atoms with van der Waals surface area (Å²) in [6.45, 7) is -2.24. The standard InChI is InChI=1S/C36H25N2P/c1-39(27-15-4-2-5-16-27,28-17-6-3-7-18-28)34-22-12-21-33-35(34)29-23-25-13-8-9-14-26(25)24-30(29)36-37-31-19-10-11-20-32(31)38(33)36/h2-24H,1H2. The predicted octanol–water partition coefficient (Wildman–Crippen LogP) is 7.67. The average Bonchev–Trinajstić information content (AvgIpc) is 3.41. The van der Waals surface area contributed by atoms with E-state index in [1.165, 1.54) is 43.0 Å². The van der Waals surface area contributed by atoms with Crippen molar-refractivity contribution in [2.75, 3.05) is 0 Å². The number of nitrogens with zero attached hydrogens (tertiary/aromatic N) is 2. The maximum absolute atomic E-state index is 5.16.